The molecule has 0 amide bonds. The summed E-state index contributed by atoms with van der Waals surface area (Å²) in [6.45, 7) is 7.13. The highest BCUT2D eigenvalue weighted by molar-refractivity contribution is 4.65. The predicted octanol–water partition coefficient (Wildman–Crippen LogP) is 2.35. The lowest BCUT2D eigenvalue weighted by Gasteiger charge is -2.10. The third-order valence-electron chi connectivity index (χ3n) is 2.95. The van der Waals surface area contributed by atoms with Crippen LogP contribution in [0.2, 0.25) is 0 Å². The molecular weight excluding hydrogens is 202 g/mol. The number of unbranched alkanes of at least 4 members (excludes halogenated alkanes) is 1. The maximum absolute atomic E-state index is 5.56. The van der Waals surface area contributed by atoms with E-state index in [1.54, 1.807) is 0 Å². The summed E-state index contributed by atoms with van der Waals surface area (Å²) in [5, 5.41) is 3.44. The van der Waals surface area contributed by atoms with E-state index in [-0.39, 0.29) is 0 Å². The summed E-state index contributed by atoms with van der Waals surface area (Å²) in [4.78, 5) is 0. The molecule has 1 fully saturated rings. The van der Waals surface area contributed by atoms with Crippen molar-refractivity contribution >= 4 is 0 Å². The molecular formula is C13H27NO2. The topological polar surface area (TPSA) is 30.5 Å². The Kier molecular flexibility index (Phi) is 8.77. The van der Waals surface area contributed by atoms with Gasteiger partial charge in [-0.25, -0.2) is 0 Å². The van der Waals surface area contributed by atoms with Crippen molar-refractivity contribution in [3.8, 4) is 0 Å². The molecule has 1 saturated heterocycles. The lowest BCUT2D eigenvalue weighted by molar-refractivity contribution is 0.103. The Labute approximate surface area is 99.9 Å². The van der Waals surface area contributed by atoms with Gasteiger partial charge in [-0.1, -0.05) is 13.3 Å². The van der Waals surface area contributed by atoms with Crippen molar-refractivity contribution in [1.29, 1.82) is 0 Å². The molecule has 1 heterocycles. The second kappa shape index (κ2) is 10.1. The molecule has 0 spiro atoms. The standard InChI is InChI=1S/C13H27NO2/c1-2-3-10-15-11-5-8-14-9-7-13-6-4-12-16-13/h13-14H,2-12H2,1H3. The van der Waals surface area contributed by atoms with Gasteiger partial charge in [0.15, 0.2) is 0 Å². The zero-order valence-corrected chi connectivity index (χ0v) is 10.7. The zero-order chi connectivity index (χ0) is 11.5. The van der Waals surface area contributed by atoms with Gasteiger partial charge in [0.1, 0.15) is 0 Å². The molecule has 16 heavy (non-hydrogen) atoms. The lowest BCUT2D eigenvalue weighted by atomic mass is 10.2. The molecule has 3 heteroatoms. The molecule has 1 aliphatic heterocycles. The molecule has 1 rings (SSSR count). The van der Waals surface area contributed by atoms with Gasteiger partial charge < -0.3 is 14.8 Å². The largest absolute Gasteiger partial charge is 0.381 e. The van der Waals surface area contributed by atoms with E-state index in [1.165, 1.54) is 25.7 Å². The van der Waals surface area contributed by atoms with Gasteiger partial charge in [-0.05, 0) is 45.2 Å². The van der Waals surface area contributed by atoms with E-state index in [0.29, 0.717) is 6.10 Å². The Bertz CT molecular complexity index is 147. The van der Waals surface area contributed by atoms with Crippen LogP contribution in [-0.4, -0.2) is 39.0 Å². The molecule has 0 aromatic rings. The van der Waals surface area contributed by atoms with Gasteiger partial charge in [-0.3, -0.25) is 0 Å². The van der Waals surface area contributed by atoms with Crippen LogP contribution in [0.4, 0.5) is 0 Å². The van der Waals surface area contributed by atoms with Crippen LogP contribution in [0.3, 0.4) is 0 Å². The van der Waals surface area contributed by atoms with Gasteiger partial charge in [-0.2, -0.15) is 0 Å². The van der Waals surface area contributed by atoms with E-state index in [2.05, 4.69) is 12.2 Å². The van der Waals surface area contributed by atoms with Crippen LogP contribution >= 0.6 is 0 Å². The van der Waals surface area contributed by atoms with Crippen molar-refractivity contribution < 1.29 is 9.47 Å². The molecule has 0 aliphatic carbocycles. The summed E-state index contributed by atoms with van der Waals surface area (Å²) in [7, 11) is 0. The normalized spacial score (nSPS) is 20.4. The van der Waals surface area contributed by atoms with Crippen molar-refractivity contribution in [1.82, 2.24) is 5.32 Å². The molecule has 0 radical (unpaired) electrons. The average Bonchev–Trinajstić information content (AvgIpc) is 2.80. The minimum absolute atomic E-state index is 0.522. The van der Waals surface area contributed by atoms with Crippen LogP contribution < -0.4 is 5.32 Å². The van der Waals surface area contributed by atoms with Gasteiger partial charge >= 0.3 is 0 Å². The smallest absolute Gasteiger partial charge is 0.0588 e. The van der Waals surface area contributed by atoms with E-state index in [1.807, 2.05) is 0 Å². The summed E-state index contributed by atoms with van der Waals surface area (Å²) >= 11 is 0. The molecule has 0 bridgehead atoms. The number of hydrogen-bond donors (Lipinski definition) is 1. The van der Waals surface area contributed by atoms with Crippen LogP contribution in [0.1, 0.15) is 45.4 Å². The first kappa shape index (κ1) is 13.9. The highest BCUT2D eigenvalue weighted by Gasteiger charge is 2.13. The maximum atomic E-state index is 5.56. The first-order valence-corrected chi connectivity index (χ1v) is 6.83. The van der Waals surface area contributed by atoms with Gasteiger partial charge in [0.05, 0.1) is 6.10 Å². The second-order valence-electron chi connectivity index (χ2n) is 4.49. The number of hydrogen-bond acceptors (Lipinski definition) is 3. The van der Waals surface area contributed by atoms with E-state index in [9.17, 15) is 0 Å². The van der Waals surface area contributed by atoms with Crippen molar-refractivity contribution in [3.05, 3.63) is 0 Å². The van der Waals surface area contributed by atoms with E-state index in [4.69, 9.17) is 9.47 Å². The van der Waals surface area contributed by atoms with Crippen LogP contribution in [-0.2, 0) is 9.47 Å². The van der Waals surface area contributed by atoms with Crippen molar-refractivity contribution in [3.63, 3.8) is 0 Å². The van der Waals surface area contributed by atoms with Gasteiger partial charge in [-0.15, -0.1) is 0 Å². The summed E-state index contributed by atoms with van der Waals surface area (Å²) < 4.78 is 11.0. The molecule has 0 saturated carbocycles. The van der Waals surface area contributed by atoms with Crippen LogP contribution in [0, 0.1) is 0 Å². The molecule has 0 aromatic carbocycles. The predicted molar refractivity (Wildman–Crippen MR) is 66.8 cm³/mol. The SMILES string of the molecule is CCCCOCCCNCCC1CCCO1. The fraction of sp³-hybridized carbons (Fsp3) is 1.00. The summed E-state index contributed by atoms with van der Waals surface area (Å²) in [5.41, 5.74) is 0. The van der Waals surface area contributed by atoms with Gasteiger partial charge in [0, 0.05) is 19.8 Å². The number of ether oxygens (including phenoxy) is 2. The molecule has 1 N–H and O–H groups in total. The van der Waals surface area contributed by atoms with Gasteiger partial charge in [0.25, 0.3) is 0 Å². The summed E-state index contributed by atoms with van der Waals surface area (Å²) in [5.74, 6) is 0. The molecule has 3 nitrogen and oxygen atoms in total. The monoisotopic (exact) mass is 229 g/mol. The first-order valence-electron chi connectivity index (χ1n) is 6.83. The second-order valence-corrected chi connectivity index (χ2v) is 4.49. The highest BCUT2D eigenvalue weighted by Crippen LogP contribution is 2.14. The van der Waals surface area contributed by atoms with E-state index >= 15 is 0 Å². The van der Waals surface area contributed by atoms with Crippen LogP contribution in [0.25, 0.3) is 0 Å². The third kappa shape index (κ3) is 7.20. The number of rotatable bonds is 10. The molecule has 0 aromatic heterocycles. The minimum Gasteiger partial charge on any atom is -0.381 e. The van der Waals surface area contributed by atoms with Crippen LogP contribution in [0.15, 0.2) is 0 Å². The minimum atomic E-state index is 0.522. The summed E-state index contributed by atoms with van der Waals surface area (Å²) in [6.07, 6.45) is 7.71. The van der Waals surface area contributed by atoms with Gasteiger partial charge in [0.2, 0.25) is 0 Å². The van der Waals surface area contributed by atoms with E-state index in [0.717, 1.165) is 45.8 Å². The van der Waals surface area contributed by atoms with Crippen molar-refractivity contribution in [2.24, 2.45) is 0 Å². The Hall–Kier alpha value is -0.120. The number of nitrogens with one attached hydrogen (secondary N) is 1. The Balaban J connectivity index is 1.71. The van der Waals surface area contributed by atoms with E-state index < -0.39 is 0 Å². The quantitative estimate of drug-likeness (QED) is 0.583. The lowest BCUT2D eigenvalue weighted by Crippen LogP contribution is -2.22. The fourth-order valence-electron chi connectivity index (χ4n) is 1.91. The molecule has 1 unspecified atom stereocenters. The molecule has 1 atom stereocenters. The van der Waals surface area contributed by atoms with Crippen molar-refractivity contribution in [2.75, 3.05) is 32.9 Å². The fourth-order valence-corrected chi connectivity index (χ4v) is 1.91. The van der Waals surface area contributed by atoms with Crippen LogP contribution in [0.5, 0.6) is 0 Å². The summed E-state index contributed by atoms with van der Waals surface area (Å²) in [6, 6.07) is 0. The van der Waals surface area contributed by atoms with Crippen molar-refractivity contribution in [2.45, 2.75) is 51.6 Å². The zero-order valence-electron chi connectivity index (χ0n) is 10.7. The maximum Gasteiger partial charge on any atom is 0.0588 e. The molecule has 96 valence electrons. The average molecular weight is 229 g/mol. The first-order chi connectivity index (χ1) is 7.93. The third-order valence-corrected chi connectivity index (χ3v) is 2.95. The Morgan fingerprint density at radius 3 is 2.88 bits per heavy atom. The highest BCUT2D eigenvalue weighted by atomic mass is 16.5. The molecule has 1 aliphatic rings. The Morgan fingerprint density at radius 1 is 1.25 bits per heavy atom. The Morgan fingerprint density at radius 2 is 2.12 bits per heavy atom.